The van der Waals surface area contributed by atoms with Gasteiger partial charge in [-0.25, -0.2) is 9.59 Å². The zero-order chi connectivity index (χ0) is 38.1. The molecular formula is C43H58N2O7. The summed E-state index contributed by atoms with van der Waals surface area (Å²) in [5.74, 6) is -0.0507. The van der Waals surface area contributed by atoms with Crippen LogP contribution in [0.2, 0.25) is 0 Å². The molecule has 3 rings (SSSR count). The number of carbonyl (C=O) groups excluding carboxylic acids is 2. The van der Waals surface area contributed by atoms with Gasteiger partial charge in [0, 0.05) is 47.7 Å². The zero-order valence-corrected chi connectivity index (χ0v) is 31.8. The van der Waals surface area contributed by atoms with Gasteiger partial charge >= 0.3 is 11.9 Å². The van der Waals surface area contributed by atoms with E-state index in [1.54, 1.807) is 28.1 Å². The average molecular weight is 715 g/mol. The van der Waals surface area contributed by atoms with Crippen LogP contribution in [0.15, 0.2) is 78.9 Å². The van der Waals surface area contributed by atoms with Crippen molar-refractivity contribution in [1.82, 2.24) is 0 Å². The molecule has 9 nitrogen and oxygen atoms in total. The van der Waals surface area contributed by atoms with Crippen molar-refractivity contribution in [3.05, 3.63) is 90.0 Å². The first kappa shape index (κ1) is 41.8. The molecule has 0 aromatic heterocycles. The maximum absolute atomic E-state index is 12.1. The van der Waals surface area contributed by atoms with Crippen molar-refractivity contribution in [3.8, 4) is 28.0 Å². The van der Waals surface area contributed by atoms with Crippen molar-refractivity contribution in [2.75, 3.05) is 58.7 Å². The molecule has 0 amide bonds. The molecule has 0 atom stereocenters. The summed E-state index contributed by atoms with van der Waals surface area (Å²) < 4.78 is 29.0. The van der Waals surface area contributed by atoms with Gasteiger partial charge in [-0.1, -0.05) is 57.2 Å². The first-order valence-corrected chi connectivity index (χ1v) is 18.1. The Morgan fingerprint density at radius 1 is 0.692 bits per heavy atom. The number of methoxy groups -OCH3 is 2. The summed E-state index contributed by atoms with van der Waals surface area (Å²) >= 11 is 0. The number of unbranched alkanes of at least 4 members (excludes halogenated alkanes) is 1. The van der Waals surface area contributed by atoms with Crippen molar-refractivity contribution < 1.29 is 33.3 Å². The normalized spacial score (nSPS) is 11.2. The molecule has 0 radical (unpaired) electrons. The van der Waals surface area contributed by atoms with Crippen LogP contribution in [0, 0.1) is 5.41 Å². The van der Waals surface area contributed by atoms with Crippen LogP contribution < -0.4 is 16.2 Å². The fourth-order valence-electron chi connectivity index (χ4n) is 6.24. The van der Waals surface area contributed by atoms with E-state index in [0.29, 0.717) is 68.0 Å². The van der Waals surface area contributed by atoms with E-state index in [1.165, 1.54) is 0 Å². The fraction of sp³-hybridized carbons (Fsp3) is 0.442. The summed E-state index contributed by atoms with van der Waals surface area (Å²) in [6.07, 6.45) is 6.16. The minimum absolute atomic E-state index is 0.187. The van der Waals surface area contributed by atoms with Crippen molar-refractivity contribution >= 4 is 23.3 Å². The second-order valence-electron chi connectivity index (χ2n) is 13.7. The molecule has 0 saturated heterocycles. The molecule has 0 aliphatic carbocycles. The van der Waals surface area contributed by atoms with Crippen LogP contribution in [0.3, 0.4) is 0 Å². The molecule has 0 aliphatic heterocycles. The first-order chi connectivity index (χ1) is 24.9. The van der Waals surface area contributed by atoms with Crippen molar-refractivity contribution in [2.45, 2.75) is 72.1 Å². The molecule has 0 spiro atoms. The van der Waals surface area contributed by atoms with E-state index in [4.69, 9.17) is 35.2 Å². The van der Waals surface area contributed by atoms with Gasteiger partial charge < -0.3 is 35.2 Å². The van der Waals surface area contributed by atoms with Gasteiger partial charge in [0.1, 0.15) is 5.75 Å². The Morgan fingerprint density at radius 2 is 1.23 bits per heavy atom. The van der Waals surface area contributed by atoms with Gasteiger partial charge in [0.2, 0.25) is 0 Å². The number of anilines is 2. The van der Waals surface area contributed by atoms with Crippen molar-refractivity contribution in [2.24, 2.45) is 5.41 Å². The summed E-state index contributed by atoms with van der Waals surface area (Å²) in [6, 6.07) is 18.0. The summed E-state index contributed by atoms with van der Waals surface area (Å²) in [5, 5.41) is 0. The predicted octanol–water partition coefficient (Wildman–Crippen LogP) is 8.53. The van der Waals surface area contributed by atoms with Crippen LogP contribution in [0.4, 0.5) is 11.4 Å². The van der Waals surface area contributed by atoms with E-state index in [1.807, 2.05) is 36.4 Å². The van der Waals surface area contributed by atoms with Crippen LogP contribution in [0.25, 0.3) is 22.3 Å². The van der Waals surface area contributed by atoms with Crippen molar-refractivity contribution in [3.63, 3.8) is 0 Å². The third-order valence-corrected chi connectivity index (χ3v) is 9.03. The number of hydrogen-bond acceptors (Lipinski definition) is 9. The van der Waals surface area contributed by atoms with Crippen LogP contribution in [-0.2, 0) is 41.4 Å². The molecule has 0 unspecified atom stereocenters. The van der Waals surface area contributed by atoms with Crippen molar-refractivity contribution in [1.29, 1.82) is 0 Å². The lowest BCUT2D eigenvalue weighted by Crippen LogP contribution is -2.33. The number of hydrogen-bond donors (Lipinski definition) is 2. The molecule has 282 valence electrons. The first-order valence-electron chi connectivity index (χ1n) is 18.1. The third-order valence-electron chi connectivity index (χ3n) is 9.03. The Balaban J connectivity index is 2.04. The Labute approximate surface area is 310 Å². The molecule has 0 fully saturated rings. The fourth-order valence-corrected chi connectivity index (χ4v) is 6.24. The molecule has 0 heterocycles. The predicted molar refractivity (Wildman–Crippen MR) is 210 cm³/mol. The number of nitrogen functional groups attached to an aromatic ring is 2. The van der Waals surface area contributed by atoms with Crippen LogP contribution in [-0.4, -0.2) is 59.2 Å². The summed E-state index contributed by atoms with van der Waals surface area (Å²) in [7, 11) is 3.45. The van der Waals surface area contributed by atoms with Gasteiger partial charge in [0.05, 0.1) is 33.0 Å². The van der Waals surface area contributed by atoms with Gasteiger partial charge in [0.15, 0.2) is 0 Å². The molecule has 3 aromatic carbocycles. The molecule has 0 saturated carbocycles. The highest BCUT2D eigenvalue weighted by Gasteiger charge is 2.30. The lowest BCUT2D eigenvalue weighted by atomic mass is 9.81. The van der Waals surface area contributed by atoms with Crippen LogP contribution >= 0.6 is 0 Å². The number of benzene rings is 3. The Morgan fingerprint density at radius 3 is 1.71 bits per heavy atom. The molecule has 0 aliphatic rings. The second kappa shape index (κ2) is 21.1. The molecule has 0 bridgehead atoms. The highest BCUT2D eigenvalue weighted by atomic mass is 16.5. The van der Waals surface area contributed by atoms with Crippen LogP contribution in [0.1, 0.15) is 70.4 Å². The second-order valence-corrected chi connectivity index (χ2v) is 13.7. The Bertz CT molecular complexity index is 1590. The van der Waals surface area contributed by atoms with Crippen LogP contribution in [0.5, 0.6) is 5.75 Å². The highest BCUT2D eigenvalue weighted by Crippen LogP contribution is 2.38. The van der Waals surface area contributed by atoms with E-state index < -0.39 is 11.9 Å². The summed E-state index contributed by atoms with van der Waals surface area (Å²) in [5.41, 5.74) is 20.3. The monoisotopic (exact) mass is 714 g/mol. The minimum atomic E-state index is -0.413. The Kier molecular flexibility index (Phi) is 16.9. The molecule has 3 aromatic rings. The number of esters is 2. The lowest BCUT2D eigenvalue weighted by Gasteiger charge is -2.33. The maximum atomic E-state index is 12.1. The molecule has 4 N–H and O–H groups in total. The summed E-state index contributed by atoms with van der Waals surface area (Å²) in [4.78, 5) is 24.2. The minimum Gasteiger partial charge on any atom is -0.493 e. The topological polar surface area (TPSA) is 132 Å². The summed E-state index contributed by atoms with van der Waals surface area (Å²) in [6.45, 7) is 14.9. The quantitative estimate of drug-likeness (QED) is 0.0429. The van der Waals surface area contributed by atoms with E-state index >= 15 is 0 Å². The van der Waals surface area contributed by atoms with Gasteiger partial charge in [-0.15, -0.1) is 0 Å². The number of ether oxygens (including phenoxy) is 5. The largest absolute Gasteiger partial charge is 0.493 e. The Hall–Kier alpha value is -4.60. The molecule has 9 heteroatoms. The average Bonchev–Trinajstić information content (AvgIpc) is 3.11. The number of aryl methyl sites for hydroxylation is 2. The number of rotatable bonds is 23. The number of nitrogens with two attached hydrogens (primary N) is 2. The van der Waals surface area contributed by atoms with E-state index in [0.717, 1.165) is 64.8 Å². The smallest absolute Gasteiger partial charge is 0.333 e. The molecular weight excluding hydrogens is 656 g/mol. The standard InChI is InChI=1S/C43H58N2O7/c1-8-9-20-43(28-48-6,29-49-7)21-24-50-40-34(12-10-22-51-41(46)30(2)3)25-36(26-35(40)13-11-23-52-42(47)31(4)5)38-19-16-33(27-39(38)45)32-14-17-37(44)18-15-32/h14-19,25-27H,2,4,8-13,20-24,28-29,44-45H2,1,3,5-7H3. The van der Waals surface area contributed by atoms with Gasteiger partial charge in [-0.3, -0.25) is 0 Å². The highest BCUT2D eigenvalue weighted by molar-refractivity contribution is 5.87. The lowest BCUT2D eigenvalue weighted by molar-refractivity contribution is -0.139. The molecule has 52 heavy (non-hydrogen) atoms. The SMILES string of the molecule is C=C(C)C(=O)OCCCc1cc(-c2ccc(-c3ccc(N)cc3)cc2N)cc(CCCOC(=O)C(=C)C)c1OCCC(CCCC)(COC)COC. The van der Waals surface area contributed by atoms with E-state index in [-0.39, 0.29) is 18.6 Å². The van der Waals surface area contributed by atoms with Gasteiger partial charge in [0.25, 0.3) is 0 Å². The maximum Gasteiger partial charge on any atom is 0.333 e. The van der Waals surface area contributed by atoms with Gasteiger partial charge in [-0.2, -0.15) is 0 Å². The number of carbonyl (C=O) groups is 2. The third kappa shape index (κ3) is 12.6. The van der Waals surface area contributed by atoms with E-state index in [9.17, 15) is 9.59 Å². The zero-order valence-electron chi connectivity index (χ0n) is 31.8. The van der Waals surface area contributed by atoms with Gasteiger partial charge in [-0.05, 0) is 111 Å². The van der Waals surface area contributed by atoms with E-state index in [2.05, 4.69) is 38.3 Å².